The summed E-state index contributed by atoms with van der Waals surface area (Å²) in [6.45, 7) is 3.65. The number of amides is 1. The van der Waals surface area contributed by atoms with Crippen LogP contribution in [0.2, 0.25) is 0 Å². The van der Waals surface area contributed by atoms with Crippen LogP contribution in [-0.4, -0.2) is 25.2 Å². The molecule has 2 aromatic carbocycles. The van der Waals surface area contributed by atoms with Gasteiger partial charge in [-0.1, -0.05) is 42.5 Å². The summed E-state index contributed by atoms with van der Waals surface area (Å²) >= 11 is 0. The first-order valence-electron chi connectivity index (χ1n) is 7.28. The van der Waals surface area contributed by atoms with Gasteiger partial charge in [-0.25, -0.2) is 9.59 Å². The Kier molecular flexibility index (Phi) is 5.36. The van der Waals surface area contributed by atoms with Gasteiger partial charge in [0.15, 0.2) is 5.75 Å². The number of hydrogen-bond acceptors (Lipinski definition) is 4. The predicted octanol–water partition coefficient (Wildman–Crippen LogP) is 3.64. The van der Waals surface area contributed by atoms with Crippen molar-refractivity contribution in [3.05, 3.63) is 54.1 Å². The molecular weight excluding hydrogens is 294 g/mol. The van der Waals surface area contributed by atoms with Crippen LogP contribution in [0.3, 0.4) is 0 Å². The topological polar surface area (TPSA) is 64.6 Å². The maximum atomic E-state index is 12.0. The summed E-state index contributed by atoms with van der Waals surface area (Å²) in [5.74, 6) is -0.376. The van der Waals surface area contributed by atoms with Crippen molar-refractivity contribution >= 4 is 12.1 Å². The fourth-order valence-electron chi connectivity index (χ4n) is 2.12. The molecule has 23 heavy (non-hydrogen) atoms. The Morgan fingerprint density at radius 1 is 1.00 bits per heavy atom. The van der Waals surface area contributed by atoms with E-state index < -0.39 is 12.1 Å². The normalized spacial score (nSPS) is 10.3. The predicted molar refractivity (Wildman–Crippen MR) is 87.5 cm³/mol. The van der Waals surface area contributed by atoms with E-state index in [0.29, 0.717) is 5.56 Å². The minimum absolute atomic E-state index is 0.0760. The second-order valence-electron chi connectivity index (χ2n) is 5.23. The van der Waals surface area contributed by atoms with Crippen molar-refractivity contribution in [2.24, 2.45) is 0 Å². The van der Waals surface area contributed by atoms with Gasteiger partial charge in [0.25, 0.3) is 0 Å². The highest BCUT2D eigenvalue weighted by Gasteiger charge is 2.20. The Labute approximate surface area is 135 Å². The molecule has 0 fully saturated rings. The van der Waals surface area contributed by atoms with Crippen molar-refractivity contribution in [1.82, 2.24) is 5.32 Å². The van der Waals surface area contributed by atoms with Crippen molar-refractivity contribution in [1.29, 1.82) is 0 Å². The van der Waals surface area contributed by atoms with E-state index in [4.69, 9.17) is 9.47 Å². The number of benzene rings is 2. The molecule has 1 N–H and O–H groups in total. The van der Waals surface area contributed by atoms with Gasteiger partial charge in [0, 0.05) is 11.6 Å². The largest absolute Gasteiger partial charge is 0.465 e. The maximum absolute atomic E-state index is 12.0. The zero-order valence-corrected chi connectivity index (χ0v) is 13.3. The van der Waals surface area contributed by atoms with E-state index in [9.17, 15) is 9.59 Å². The van der Waals surface area contributed by atoms with Gasteiger partial charge in [0.05, 0.1) is 7.11 Å². The molecule has 0 spiro atoms. The Morgan fingerprint density at radius 3 is 2.30 bits per heavy atom. The van der Waals surface area contributed by atoms with E-state index in [-0.39, 0.29) is 17.4 Å². The second-order valence-corrected chi connectivity index (χ2v) is 5.23. The first kappa shape index (κ1) is 16.5. The molecule has 2 aromatic rings. The Balaban J connectivity index is 2.50. The Hall–Kier alpha value is -2.82. The van der Waals surface area contributed by atoms with Crippen LogP contribution in [-0.2, 0) is 4.74 Å². The molecule has 0 aliphatic rings. The van der Waals surface area contributed by atoms with E-state index in [1.54, 1.807) is 18.2 Å². The van der Waals surface area contributed by atoms with Crippen molar-refractivity contribution in [3.63, 3.8) is 0 Å². The molecule has 0 atom stereocenters. The third-order valence-electron chi connectivity index (χ3n) is 3.11. The molecule has 0 aromatic heterocycles. The van der Waals surface area contributed by atoms with Gasteiger partial charge in [-0.3, -0.25) is 0 Å². The minimum Gasteiger partial charge on any atom is -0.465 e. The Morgan fingerprint density at radius 2 is 1.70 bits per heavy atom. The van der Waals surface area contributed by atoms with Crippen LogP contribution in [0.15, 0.2) is 48.5 Å². The molecule has 2 rings (SSSR count). The fourth-order valence-corrected chi connectivity index (χ4v) is 2.12. The lowest BCUT2D eigenvalue weighted by molar-refractivity contribution is 0.0598. The number of ether oxygens (including phenoxy) is 2. The summed E-state index contributed by atoms with van der Waals surface area (Å²) < 4.78 is 10.2. The van der Waals surface area contributed by atoms with Crippen molar-refractivity contribution in [3.8, 4) is 16.9 Å². The quantitative estimate of drug-likeness (QED) is 0.875. The number of carbonyl (C=O) groups is 2. The van der Waals surface area contributed by atoms with Crippen LogP contribution >= 0.6 is 0 Å². The number of carbonyl (C=O) groups excluding carboxylic acids is 2. The Bertz CT molecular complexity index is 695. The fraction of sp³-hybridized carbons (Fsp3) is 0.222. The summed E-state index contributed by atoms with van der Waals surface area (Å²) in [6.07, 6.45) is -0.617. The van der Waals surface area contributed by atoms with Gasteiger partial charge >= 0.3 is 12.1 Å². The van der Waals surface area contributed by atoms with Crippen molar-refractivity contribution in [2.75, 3.05) is 7.11 Å². The molecule has 5 heteroatoms. The van der Waals surface area contributed by atoms with Crippen LogP contribution in [0.1, 0.15) is 24.2 Å². The summed E-state index contributed by atoms with van der Waals surface area (Å²) in [5, 5.41) is 2.64. The minimum atomic E-state index is -0.617. The van der Waals surface area contributed by atoms with Crippen LogP contribution in [0.5, 0.6) is 5.75 Å². The molecule has 1 amide bonds. The SMILES string of the molecule is COC(=O)c1cccc(-c2ccccc2)c1OC(=O)NC(C)C. The van der Waals surface area contributed by atoms with Crippen LogP contribution < -0.4 is 10.1 Å². The molecule has 0 radical (unpaired) electrons. The van der Waals surface area contributed by atoms with Crippen LogP contribution in [0.4, 0.5) is 4.79 Å². The standard InChI is InChI=1S/C18H19NO4/c1-12(2)19-18(21)23-16-14(13-8-5-4-6-9-13)10-7-11-15(16)17(20)22-3/h4-12H,1-3H3,(H,19,21). The highest BCUT2D eigenvalue weighted by atomic mass is 16.6. The van der Waals surface area contributed by atoms with E-state index in [2.05, 4.69) is 5.32 Å². The molecule has 5 nitrogen and oxygen atoms in total. The van der Waals surface area contributed by atoms with E-state index in [1.165, 1.54) is 7.11 Å². The zero-order valence-electron chi connectivity index (χ0n) is 13.3. The monoisotopic (exact) mass is 313 g/mol. The van der Waals surface area contributed by atoms with E-state index >= 15 is 0 Å². The molecule has 120 valence electrons. The average Bonchev–Trinajstić information content (AvgIpc) is 2.54. The highest BCUT2D eigenvalue weighted by Crippen LogP contribution is 2.33. The van der Waals surface area contributed by atoms with Crippen LogP contribution in [0, 0.1) is 0 Å². The maximum Gasteiger partial charge on any atom is 0.412 e. The van der Waals surface area contributed by atoms with Gasteiger partial charge < -0.3 is 14.8 Å². The third-order valence-corrected chi connectivity index (χ3v) is 3.11. The van der Waals surface area contributed by atoms with Crippen molar-refractivity contribution < 1.29 is 19.1 Å². The summed E-state index contributed by atoms with van der Waals surface area (Å²) in [5.41, 5.74) is 1.69. The lowest BCUT2D eigenvalue weighted by Gasteiger charge is -2.15. The number of hydrogen-bond donors (Lipinski definition) is 1. The number of rotatable bonds is 4. The van der Waals surface area contributed by atoms with Gasteiger partial charge in [-0.15, -0.1) is 0 Å². The first-order valence-corrected chi connectivity index (χ1v) is 7.28. The smallest absolute Gasteiger partial charge is 0.412 e. The summed E-state index contributed by atoms with van der Waals surface area (Å²) in [7, 11) is 1.29. The lowest BCUT2D eigenvalue weighted by Crippen LogP contribution is -2.33. The molecule has 0 saturated carbocycles. The highest BCUT2D eigenvalue weighted by molar-refractivity contribution is 5.96. The lowest BCUT2D eigenvalue weighted by atomic mass is 10.0. The molecular formula is C18H19NO4. The number of para-hydroxylation sites is 1. The van der Waals surface area contributed by atoms with Gasteiger partial charge in [0.1, 0.15) is 5.56 Å². The third kappa shape index (κ3) is 4.10. The summed E-state index contributed by atoms with van der Waals surface area (Å²) in [4.78, 5) is 24.0. The van der Waals surface area contributed by atoms with Gasteiger partial charge in [0.2, 0.25) is 0 Å². The second kappa shape index (κ2) is 7.45. The average molecular weight is 313 g/mol. The van der Waals surface area contributed by atoms with Crippen LogP contribution in [0.25, 0.3) is 11.1 Å². The number of methoxy groups -OCH3 is 1. The molecule has 0 bridgehead atoms. The first-order chi connectivity index (χ1) is 11.0. The zero-order chi connectivity index (χ0) is 16.8. The summed E-state index contributed by atoms with van der Waals surface area (Å²) in [6, 6.07) is 14.4. The van der Waals surface area contributed by atoms with E-state index in [0.717, 1.165) is 5.56 Å². The molecule has 0 aliphatic heterocycles. The molecule has 0 aliphatic carbocycles. The van der Waals surface area contributed by atoms with E-state index in [1.807, 2.05) is 44.2 Å². The van der Waals surface area contributed by atoms with Gasteiger partial charge in [-0.05, 0) is 25.5 Å². The van der Waals surface area contributed by atoms with Crippen molar-refractivity contribution in [2.45, 2.75) is 19.9 Å². The molecule has 0 saturated heterocycles. The van der Waals surface area contributed by atoms with Gasteiger partial charge in [-0.2, -0.15) is 0 Å². The number of esters is 1. The molecule has 0 unspecified atom stereocenters. The number of nitrogens with one attached hydrogen (secondary N) is 1. The molecule has 0 heterocycles.